The van der Waals surface area contributed by atoms with Crippen molar-refractivity contribution in [2.24, 2.45) is 0 Å². The van der Waals surface area contributed by atoms with Crippen molar-refractivity contribution in [1.29, 1.82) is 0 Å². The lowest BCUT2D eigenvalue weighted by Gasteiger charge is -2.34. The van der Waals surface area contributed by atoms with Crippen LogP contribution in [0.1, 0.15) is 30.5 Å². The lowest BCUT2D eigenvalue weighted by molar-refractivity contribution is -0.137. The molecule has 104 valence electrons. The first-order valence-electron chi connectivity index (χ1n) is 6.01. The van der Waals surface area contributed by atoms with E-state index in [1.54, 1.807) is 7.05 Å². The number of halogens is 3. The molecule has 1 atom stereocenters. The molecular formula is C13H15F3N2O. The second kappa shape index (κ2) is 4.85. The molecule has 0 fully saturated rings. The first-order valence-corrected chi connectivity index (χ1v) is 6.01. The van der Waals surface area contributed by atoms with E-state index in [2.05, 4.69) is 5.32 Å². The number of alkyl halides is 3. The lowest BCUT2D eigenvalue weighted by atomic mass is 9.94. The molecule has 1 aromatic rings. The Labute approximate surface area is 109 Å². The maximum absolute atomic E-state index is 12.7. The van der Waals surface area contributed by atoms with Gasteiger partial charge in [-0.25, -0.2) is 0 Å². The number of hydrogen-bond acceptors (Lipinski definition) is 2. The summed E-state index contributed by atoms with van der Waals surface area (Å²) in [6.45, 7) is 1.79. The summed E-state index contributed by atoms with van der Waals surface area (Å²) in [5.74, 6) is -0.241. The molecule has 19 heavy (non-hydrogen) atoms. The van der Waals surface area contributed by atoms with Crippen LogP contribution in [-0.4, -0.2) is 19.5 Å². The summed E-state index contributed by atoms with van der Waals surface area (Å²) in [6.07, 6.45) is -3.71. The van der Waals surface area contributed by atoms with Crippen LogP contribution >= 0.6 is 0 Å². The normalized spacial score (nSPS) is 19.2. The largest absolute Gasteiger partial charge is 0.416 e. The van der Waals surface area contributed by atoms with E-state index in [1.165, 1.54) is 17.9 Å². The van der Waals surface area contributed by atoms with Crippen molar-refractivity contribution in [3.63, 3.8) is 0 Å². The first-order chi connectivity index (χ1) is 8.84. The van der Waals surface area contributed by atoms with Gasteiger partial charge < -0.3 is 10.2 Å². The van der Waals surface area contributed by atoms with Gasteiger partial charge in [-0.2, -0.15) is 13.2 Å². The van der Waals surface area contributed by atoms with Crippen LogP contribution in [-0.2, 0) is 11.0 Å². The van der Waals surface area contributed by atoms with Crippen LogP contribution in [0.25, 0.3) is 0 Å². The first kappa shape index (κ1) is 13.9. The molecule has 3 nitrogen and oxygen atoms in total. The molecular weight excluding hydrogens is 257 g/mol. The van der Waals surface area contributed by atoms with Gasteiger partial charge in [0, 0.05) is 25.2 Å². The number of rotatable bonds is 1. The maximum atomic E-state index is 12.7. The van der Waals surface area contributed by atoms with Gasteiger partial charge in [0.15, 0.2) is 0 Å². The van der Waals surface area contributed by atoms with E-state index in [-0.39, 0.29) is 11.9 Å². The average Bonchev–Trinajstić information content (AvgIpc) is 2.35. The standard InChI is InChI=1S/C13H15F3N2O/c1-8(19)18-6-5-11(17-2)10-4-3-9(7-12(10)18)13(14,15)16/h3-4,7,11,17H,5-6H2,1-2H3/t11-/m1/s1. The SMILES string of the molecule is CN[C@@H]1CCN(C(C)=O)c2cc(C(F)(F)F)ccc21. The van der Waals surface area contributed by atoms with Crippen molar-refractivity contribution < 1.29 is 18.0 Å². The van der Waals surface area contributed by atoms with Gasteiger partial charge in [-0.3, -0.25) is 4.79 Å². The summed E-state index contributed by atoms with van der Waals surface area (Å²) in [5, 5.41) is 3.06. The van der Waals surface area contributed by atoms with Crippen molar-refractivity contribution in [1.82, 2.24) is 5.32 Å². The molecule has 1 aliphatic rings. The molecule has 0 saturated carbocycles. The molecule has 0 spiro atoms. The number of hydrogen-bond donors (Lipinski definition) is 1. The van der Waals surface area contributed by atoms with Crippen LogP contribution in [0, 0.1) is 0 Å². The van der Waals surface area contributed by atoms with Gasteiger partial charge in [0.25, 0.3) is 0 Å². The Hall–Kier alpha value is -1.56. The molecule has 0 bridgehead atoms. The van der Waals surface area contributed by atoms with E-state index in [0.717, 1.165) is 17.7 Å². The van der Waals surface area contributed by atoms with Gasteiger partial charge in [0.2, 0.25) is 5.91 Å². The fourth-order valence-corrected chi connectivity index (χ4v) is 2.41. The minimum absolute atomic E-state index is 0.0205. The third kappa shape index (κ3) is 2.58. The molecule has 1 heterocycles. The highest BCUT2D eigenvalue weighted by Crippen LogP contribution is 2.38. The van der Waals surface area contributed by atoms with Crippen molar-refractivity contribution >= 4 is 11.6 Å². The Morgan fingerprint density at radius 3 is 2.63 bits per heavy atom. The second-order valence-corrected chi connectivity index (χ2v) is 4.57. The van der Waals surface area contributed by atoms with Crippen LogP contribution < -0.4 is 10.2 Å². The van der Waals surface area contributed by atoms with Gasteiger partial charge in [0.1, 0.15) is 0 Å². The molecule has 0 aliphatic carbocycles. The van der Waals surface area contributed by atoms with Crippen LogP contribution in [0.5, 0.6) is 0 Å². The predicted molar refractivity (Wildman–Crippen MR) is 65.9 cm³/mol. The summed E-state index contributed by atoms with van der Waals surface area (Å²) in [5.41, 5.74) is 0.360. The number of carbonyl (C=O) groups excluding carboxylic acids is 1. The summed E-state index contributed by atoms with van der Waals surface area (Å²) >= 11 is 0. The molecule has 1 aliphatic heterocycles. The molecule has 0 radical (unpaired) electrons. The third-order valence-electron chi connectivity index (χ3n) is 3.39. The van der Waals surface area contributed by atoms with Gasteiger partial charge in [-0.1, -0.05) is 6.07 Å². The zero-order valence-corrected chi connectivity index (χ0v) is 10.7. The van der Waals surface area contributed by atoms with Crippen molar-refractivity contribution in [2.45, 2.75) is 25.6 Å². The molecule has 0 aromatic heterocycles. The Kier molecular flexibility index (Phi) is 3.54. The molecule has 6 heteroatoms. The molecule has 0 saturated heterocycles. The summed E-state index contributed by atoms with van der Waals surface area (Å²) in [6, 6.07) is 3.55. The molecule has 1 aromatic carbocycles. The van der Waals surface area contributed by atoms with Crippen LogP contribution in [0.3, 0.4) is 0 Å². The fraction of sp³-hybridized carbons (Fsp3) is 0.462. The van der Waals surface area contributed by atoms with Crippen LogP contribution in [0.4, 0.5) is 18.9 Å². The zero-order chi connectivity index (χ0) is 14.2. The lowest BCUT2D eigenvalue weighted by Crippen LogP contribution is -2.38. The van der Waals surface area contributed by atoms with E-state index < -0.39 is 11.7 Å². The van der Waals surface area contributed by atoms with Crippen molar-refractivity contribution in [3.05, 3.63) is 29.3 Å². The number of amides is 1. The Bertz CT molecular complexity index is 499. The van der Waals surface area contributed by atoms with Crippen LogP contribution in [0.15, 0.2) is 18.2 Å². The van der Waals surface area contributed by atoms with E-state index in [1.807, 2.05) is 0 Å². The quantitative estimate of drug-likeness (QED) is 0.852. The zero-order valence-electron chi connectivity index (χ0n) is 10.7. The van der Waals surface area contributed by atoms with E-state index in [0.29, 0.717) is 18.7 Å². The third-order valence-corrected chi connectivity index (χ3v) is 3.39. The molecule has 1 N–H and O–H groups in total. The predicted octanol–water partition coefficient (Wildman–Crippen LogP) is 2.72. The second-order valence-electron chi connectivity index (χ2n) is 4.57. The van der Waals surface area contributed by atoms with E-state index in [4.69, 9.17) is 0 Å². The summed E-state index contributed by atoms with van der Waals surface area (Å²) in [7, 11) is 1.76. The summed E-state index contributed by atoms with van der Waals surface area (Å²) < 4.78 is 38.2. The highest BCUT2D eigenvalue weighted by atomic mass is 19.4. The number of nitrogens with zero attached hydrogens (tertiary/aromatic N) is 1. The average molecular weight is 272 g/mol. The Morgan fingerprint density at radius 1 is 1.42 bits per heavy atom. The van der Waals surface area contributed by atoms with Crippen molar-refractivity contribution in [3.8, 4) is 0 Å². The summed E-state index contributed by atoms with van der Waals surface area (Å²) in [4.78, 5) is 12.9. The minimum atomic E-state index is -4.40. The number of anilines is 1. The van der Waals surface area contributed by atoms with Gasteiger partial charge >= 0.3 is 6.18 Å². The Morgan fingerprint density at radius 2 is 2.11 bits per heavy atom. The highest BCUT2D eigenvalue weighted by molar-refractivity contribution is 5.93. The smallest absolute Gasteiger partial charge is 0.313 e. The monoisotopic (exact) mass is 272 g/mol. The van der Waals surface area contributed by atoms with Gasteiger partial charge in [0.05, 0.1) is 5.56 Å². The minimum Gasteiger partial charge on any atom is -0.313 e. The number of carbonyl (C=O) groups is 1. The maximum Gasteiger partial charge on any atom is 0.416 e. The van der Waals surface area contributed by atoms with E-state index >= 15 is 0 Å². The number of fused-ring (bicyclic) bond motifs is 1. The molecule has 1 amide bonds. The van der Waals surface area contributed by atoms with Gasteiger partial charge in [-0.15, -0.1) is 0 Å². The van der Waals surface area contributed by atoms with Crippen molar-refractivity contribution in [2.75, 3.05) is 18.5 Å². The fourth-order valence-electron chi connectivity index (χ4n) is 2.41. The highest BCUT2D eigenvalue weighted by Gasteiger charge is 2.34. The number of benzene rings is 1. The molecule has 0 unspecified atom stereocenters. The topological polar surface area (TPSA) is 32.3 Å². The van der Waals surface area contributed by atoms with Crippen LogP contribution in [0.2, 0.25) is 0 Å². The van der Waals surface area contributed by atoms with E-state index in [9.17, 15) is 18.0 Å². The molecule has 2 rings (SSSR count). The van der Waals surface area contributed by atoms with Gasteiger partial charge in [-0.05, 0) is 31.2 Å². The number of nitrogens with one attached hydrogen (secondary N) is 1. The Balaban J connectivity index is 2.53.